The van der Waals surface area contributed by atoms with E-state index in [0.717, 1.165) is 13.2 Å². The van der Waals surface area contributed by atoms with Gasteiger partial charge in [-0.2, -0.15) is 0 Å². The maximum atomic E-state index is 5.75. The van der Waals surface area contributed by atoms with Crippen LogP contribution in [-0.4, -0.2) is 0 Å². The smallest absolute Gasteiger partial charge is 0.0725 e. The molecule has 3 rings (SSSR count). The van der Waals surface area contributed by atoms with Crippen LogP contribution >= 0.6 is 0 Å². The third kappa shape index (κ3) is 2.10. The molecule has 0 amide bonds. The molecule has 1 fully saturated rings. The molecule has 1 aliphatic heterocycles. The molecule has 0 spiro atoms. The van der Waals surface area contributed by atoms with Crippen molar-refractivity contribution in [1.82, 2.24) is 5.43 Å². The second-order valence-corrected chi connectivity index (χ2v) is 5.21. The number of hydrogen-bond donors (Lipinski definition) is 2. The number of hydrogen-bond acceptors (Lipinski definition) is 3. The Morgan fingerprint density at radius 1 is 1.18 bits per heavy atom. The Kier molecular flexibility index (Phi) is 3.14. The van der Waals surface area contributed by atoms with Gasteiger partial charge in [0, 0.05) is 6.04 Å². The zero-order chi connectivity index (χ0) is 11.7. The Morgan fingerprint density at radius 3 is 2.71 bits per heavy atom. The van der Waals surface area contributed by atoms with Crippen molar-refractivity contribution in [2.24, 2.45) is 11.8 Å². The highest BCUT2D eigenvalue weighted by atomic mass is 16.5. The molecule has 1 unspecified atom stereocenters. The van der Waals surface area contributed by atoms with Gasteiger partial charge in [0.05, 0.1) is 13.2 Å². The summed E-state index contributed by atoms with van der Waals surface area (Å²) in [7, 11) is 0. The van der Waals surface area contributed by atoms with Gasteiger partial charge in [-0.05, 0) is 35.4 Å². The Hall–Kier alpha value is -0.900. The highest BCUT2D eigenvalue weighted by Crippen LogP contribution is 2.36. The summed E-state index contributed by atoms with van der Waals surface area (Å²) in [4.78, 5) is 0. The van der Waals surface area contributed by atoms with Crippen LogP contribution in [0.3, 0.4) is 0 Å². The molecule has 2 aliphatic rings. The van der Waals surface area contributed by atoms with E-state index in [-0.39, 0.29) is 0 Å². The number of fused-ring (bicyclic) bond motifs is 1. The second kappa shape index (κ2) is 4.77. The van der Waals surface area contributed by atoms with Gasteiger partial charge in [0.15, 0.2) is 0 Å². The standard InChI is InChI=1S/C14H20N2O/c15-16-14(10-3-1-2-4-10)11-5-6-12-8-17-9-13(12)7-11/h5-7,10,14,16H,1-4,8-9,15H2. The first-order chi connectivity index (χ1) is 8.38. The zero-order valence-electron chi connectivity index (χ0n) is 10.1. The number of benzene rings is 1. The number of hydrazine groups is 1. The van der Waals surface area contributed by atoms with Crippen molar-refractivity contribution in [2.75, 3.05) is 0 Å². The van der Waals surface area contributed by atoms with Crippen LogP contribution in [0.4, 0.5) is 0 Å². The first-order valence-electron chi connectivity index (χ1n) is 6.54. The molecule has 1 aromatic rings. The highest BCUT2D eigenvalue weighted by Gasteiger charge is 2.26. The van der Waals surface area contributed by atoms with Gasteiger partial charge in [-0.15, -0.1) is 0 Å². The summed E-state index contributed by atoms with van der Waals surface area (Å²) in [6.45, 7) is 1.52. The number of ether oxygens (including phenoxy) is 1. The Labute approximate surface area is 102 Å². The first-order valence-corrected chi connectivity index (χ1v) is 6.54. The molecule has 0 bridgehead atoms. The first kappa shape index (κ1) is 11.2. The van der Waals surface area contributed by atoms with Crippen LogP contribution in [0.2, 0.25) is 0 Å². The largest absolute Gasteiger partial charge is 0.372 e. The second-order valence-electron chi connectivity index (χ2n) is 5.21. The lowest BCUT2D eigenvalue weighted by atomic mass is 9.90. The van der Waals surface area contributed by atoms with Crippen LogP contribution in [0.25, 0.3) is 0 Å². The predicted molar refractivity (Wildman–Crippen MR) is 67.0 cm³/mol. The van der Waals surface area contributed by atoms with Gasteiger partial charge in [-0.3, -0.25) is 11.3 Å². The van der Waals surface area contributed by atoms with Gasteiger partial charge in [-0.1, -0.05) is 31.0 Å². The predicted octanol–water partition coefficient (Wildman–Crippen LogP) is 2.41. The SMILES string of the molecule is NNC(c1ccc2c(c1)COC2)C1CCCC1. The van der Waals surface area contributed by atoms with Crippen LogP contribution in [-0.2, 0) is 18.0 Å². The third-order valence-electron chi connectivity index (χ3n) is 4.16. The van der Waals surface area contributed by atoms with Gasteiger partial charge in [0.25, 0.3) is 0 Å². The van der Waals surface area contributed by atoms with E-state index in [1.165, 1.54) is 42.4 Å². The lowest BCUT2D eigenvalue weighted by Crippen LogP contribution is -2.32. The summed E-state index contributed by atoms with van der Waals surface area (Å²) in [6, 6.07) is 6.97. The van der Waals surface area contributed by atoms with Crippen molar-refractivity contribution in [3.8, 4) is 0 Å². The lowest BCUT2D eigenvalue weighted by Gasteiger charge is -2.23. The van der Waals surface area contributed by atoms with Crippen molar-refractivity contribution in [3.05, 3.63) is 34.9 Å². The van der Waals surface area contributed by atoms with E-state index in [4.69, 9.17) is 10.6 Å². The summed E-state index contributed by atoms with van der Waals surface area (Å²) in [5.74, 6) is 6.44. The molecule has 1 aromatic carbocycles. The summed E-state index contributed by atoms with van der Waals surface area (Å²) in [5.41, 5.74) is 7.00. The van der Waals surface area contributed by atoms with Crippen LogP contribution in [0.1, 0.15) is 48.4 Å². The fourth-order valence-corrected chi connectivity index (χ4v) is 3.18. The molecule has 0 radical (unpaired) electrons. The fourth-order valence-electron chi connectivity index (χ4n) is 3.18. The Morgan fingerprint density at radius 2 is 1.94 bits per heavy atom. The van der Waals surface area contributed by atoms with Crippen molar-refractivity contribution < 1.29 is 4.74 Å². The van der Waals surface area contributed by atoms with Crippen LogP contribution in [0, 0.1) is 5.92 Å². The summed E-state index contributed by atoms with van der Waals surface area (Å²) in [5, 5.41) is 0. The molecule has 1 saturated carbocycles. The average Bonchev–Trinajstić information content (AvgIpc) is 2.99. The van der Waals surface area contributed by atoms with Gasteiger partial charge in [0.1, 0.15) is 0 Å². The van der Waals surface area contributed by atoms with Gasteiger partial charge in [0.2, 0.25) is 0 Å². The van der Waals surface area contributed by atoms with E-state index in [1.807, 2.05) is 0 Å². The minimum absolute atomic E-state index is 0.309. The average molecular weight is 232 g/mol. The topological polar surface area (TPSA) is 47.3 Å². The van der Waals surface area contributed by atoms with Crippen LogP contribution in [0.5, 0.6) is 0 Å². The van der Waals surface area contributed by atoms with Gasteiger partial charge >= 0.3 is 0 Å². The molecule has 17 heavy (non-hydrogen) atoms. The number of rotatable bonds is 3. The van der Waals surface area contributed by atoms with E-state index >= 15 is 0 Å². The molecule has 0 saturated heterocycles. The summed E-state index contributed by atoms with van der Waals surface area (Å²) < 4.78 is 5.46. The minimum atomic E-state index is 0.309. The molecule has 3 nitrogen and oxygen atoms in total. The minimum Gasteiger partial charge on any atom is -0.372 e. The molecule has 0 aromatic heterocycles. The molecule has 3 N–H and O–H groups in total. The van der Waals surface area contributed by atoms with E-state index in [9.17, 15) is 0 Å². The van der Waals surface area contributed by atoms with Gasteiger partial charge in [-0.25, -0.2) is 0 Å². The highest BCUT2D eigenvalue weighted by molar-refractivity contribution is 5.34. The fraction of sp³-hybridized carbons (Fsp3) is 0.571. The molecule has 92 valence electrons. The zero-order valence-corrected chi connectivity index (χ0v) is 10.1. The molecular weight excluding hydrogens is 212 g/mol. The third-order valence-corrected chi connectivity index (χ3v) is 4.16. The maximum Gasteiger partial charge on any atom is 0.0725 e. The Balaban J connectivity index is 1.85. The molecule has 1 heterocycles. The Bertz CT molecular complexity index is 399. The van der Waals surface area contributed by atoms with Crippen molar-refractivity contribution >= 4 is 0 Å². The van der Waals surface area contributed by atoms with Crippen molar-refractivity contribution in [1.29, 1.82) is 0 Å². The monoisotopic (exact) mass is 232 g/mol. The molecule has 1 aliphatic carbocycles. The normalized spacial score (nSPS) is 21.7. The number of nitrogens with two attached hydrogens (primary N) is 1. The van der Waals surface area contributed by atoms with Crippen molar-refractivity contribution in [2.45, 2.75) is 44.9 Å². The molecule has 1 atom stereocenters. The van der Waals surface area contributed by atoms with E-state index < -0.39 is 0 Å². The molecular formula is C14H20N2O. The van der Waals surface area contributed by atoms with E-state index in [0.29, 0.717) is 12.0 Å². The summed E-state index contributed by atoms with van der Waals surface area (Å²) >= 11 is 0. The van der Waals surface area contributed by atoms with Crippen LogP contribution in [0.15, 0.2) is 18.2 Å². The van der Waals surface area contributed by atoms with E-state index in [1.54, 1.807) is 0 Å². The summed E-state index contributed by atoms with van der Waals surface area (Å²) in [6.07, 6.45) is 5.28. The molecule has 3 heteroatoms. The quantitative estimate of drug-likeness (QED) is 0.621. The van der Waals surface area contributed by atoms with Crippen molar-refractivity contribution in [3.63, 3.8) is 0 Å². The number of nitrogens with one attached hydrogen (secondary N) is 1. The lowest BCUT2D eigenvalue weighted by molar-refractivity contribution is 0.134. The van der Waals surface area contributed by atoms with Gasteiger partial charge < -0.3 is 4.74 Å². The van der Waals surface area contributed by atoms with E-state index in [2.05, 4.69) is 23.6 Å². The van der Waals surface area contributed by atoms with Crippen LogP contribution < -0.4 is 11.3 Å². The maximum absolute atomic E-state index is 5.75.